The summed E-state index contributed by atoms with van der Waals surface area (Å²) in [5.41, 5.74) is -1.45. The first kappa shape index (κ1) is 16.1. The van der Waals surface area contributed by atoms with Crippen LogP contribution in [0, 0.1) is 5.82 Å². The lowest BCUT2D eigenvalue weighted by Gasteiger charge is -2.21. The summed E-state index contributed by atoms with van der Waals surface area (Å²) >= 11 is 0. The monoisotopic (exact) mass is 355 g/mol. The van der Waals surface area contributed by atoms with Crippen LogP contribution in [0.3, 0.4) is 0 Å². The molecule has 1 unspecified atom stereocenters. The summed E-state index contributed by atoms with van der Waals surface area (Å²) in [7, 11) is 0. The second kappa shape index (κ2) is 5.83. The molecular formula is C18H14FN3O4. The molecule has 2 aromatic carbocycles. The first-order valence-corrected chi connectivity index (χ1v) is 7.96. The maximum atomic E-state index is 13.8. The van der Waals surface area contributed by atoms with E-state index in [-0.39, 0.29) is 18.7 Å². The Balaban J connectivity index is 1.64. The Hall–Kier alpha value is -3.42. The third-order valence-corrected chi connectivity index (χ3v) is 4.41. The number of imide groups is 1. The van der Waals surface area contributed by atoms with Gasteiger partial charge in [-0.05, 0) is 30.3 Å². The highest BCUT2D eigenvalue weighted by Crippen LogP contribution is 2.42. The average Bonchev–Trinajstić information content (AvgIpc) is 3.05. The summed E-state index contributed by atoms with van der Waals surface area (Å²) in [4.78, 5) is 38.3. The second-order valence-electron chi connectivity index (χ2n) is 5.94. The fourth-order valence-electron chi connectivity index (χ4n) is 3.26. The Morgan fingerprint density at radius 1 is 1.08 bits per heavy atom. The van der Waals surface area contributed by atoms with Crippen molar-refractivity contribution in [1.29, 1.82) is 0 Å². The zero-order valence-corrected chi connectivity index (χ0v) is 13.5. The van der Waals surface area contributed by atoms with Crippen LogP contribution in [0.1, 0.15) is 5.56 Å². The molecule has 2 heterocycles. The van der Waals surface area contributed by atoms with Crippen LogP contribution in [-0.4, -0.2) is 31.0 Å². The van der Waals surface area contributed by atoms with E-state index in [0.717, 1.165) is 6.07 Å². The number of benzene rings is 2. The third kappa shape index (κ3) is 2.30. The van der Waals surface area contributed by atoms with E-state index < -0.39 is 29.2 Å². The van der Waals surface area contributed by atoms with Gasteiger partial charge in [-0.2, -0.15) is 0 Å². The first-order chi connectivity index (χ1) is 12.5. The lowest BCUT2D eigenvalue weighted by molar-refractivity contribution is -0.134. The van der Waals surface area contributed by atoms with Crippen LogP contribution in [0.4, 0.5) is 14.9 Å². The topological polar surface area (TPSA) is 87.7 Å². The molecule has 0 radical (unpaired) electrons. The fraction of sp³-hybridized carbons (Fsp3) is 0.167. The van der Waals surface area contributed by atoms with Crippen LogP contribution >= 0.6 is 0 Å². The number of halogens is 1. The van der Waals surface area contributed by atoms with Gasteiger partial charge in [0.25, 0.3) is 11.8 Å². The summed E-state index contributed by atoms with van der Waals surface area (Å²) in [6.07, 6.45) is 0. The number of anilines is 1. The predicted octanol–water partition coefficient (Wildman–Crippen LogP) is 1.29. The molecule has 1 saturated heterocycles. The van der Waals surface area contributed by atoms with Gasteiger partial charge < -0.3 is 15.0 Å². The van der Waals surface area contributed by atoms with Crippen molar-refractivity contribution < 1.29 is 23.5 Å². The van der Waals surface area contributed by atoms with Gasteiger partial charge in [-0.3, -0.25) is 14.9 Å². The molecule has 7 nitrogen and oxygen atoms in total. The summed E-state index contributed by atoms with van der Waals surface area (Å²) < 4.78 is 19.3. The molecule has 2 aromatic rings. The smallest absolute Gasteiger partial charge is 0.323 e. The van der Waals surface area contributed by atoms with Gasteiger partial charge in [-0.15, -0.1) is 0 Å². The molecule has 0 bridgehead atoms. The summed E-state index contributed by atoms with van der Waals surface area (Å²) in [5, 5.41) is 4.40. The van der Waals surface area contributed by atoms with Crippen molar-refractivity contribution in [1.82, 2.24) is 10.6 Å². The van der Waals surface area contributed by atoms with Gasteiger partial charge in [0.1, 0.15) is 18.2 Å². The zero-order chi connectivity index (χ0) is 18.3. The minimum absolute atomic E-state index is 0.116. The zero-order valence-electron chi connectivity index (χ0n) is 13.5. The number of nitrogens with zero attached hydrogens (tertiary/aromatic N) is 1. The third-order valence-electron chi connectivity index (χ3n) is 4.41. The number of urea groups is 1. The van der Waals surface area contributed by atoms with E-state index >= 15 is 0 Å². The molecule has 1 spiro atoms. The van der Waals surface area contributed by atoms with E-state index in [9.17, 15) is 18.8 Å². The molecule has 1 fully saturated rings. The molecule has 0 aromatic heterocycles. The highest BCUT2D eigenvalue weighted by Gasteiger charge is 2.61. The van der Waals surface area contributed by atoms with E-state index in [1.165, 1.54) is 17.0 Å². The minimum atomic E-state index is -1.93. The Morgan fingerprint density at radius 2 is 1.85 bits per heavy atom. The maximum Gasteiger partial charge on any atom is 0.323 e. The summed E-state index contributed by atoms with van der Waals surface area (Å²) in [5.74, 6) is -1.42. The van der Waals surface area contributed by atoms with Crippen molar-refractivity contribution in [2.75, 3.05) is 18.1 Å². The Kier molecular flexibility index (Phi) is 3.61. The number of nitrogens with one attached hydrogen (secondary N) is 2. The van der Waals surface area contributed by atoms with Gasteiger partial charge in [0.05, 0.1) is 12.2 Å². The van der Waals surface area contributed by atoms with E-state index in [2.05, 4.69) is 10.6 Å². The number of rotatable bonds is 4. The Bertz CT molecular complexity index is 918. The Morgan fingerprint density at radius 3 is 2.54 bits per heavy atom. The molecule has 0 saturated carbocycles. The van der Waals surface area contributed by atoms with Gasteiger partial charge >= 0.3 is 6.03 Å². The van der Waals surface area contributed by atoms with Crippen molar-refractivity contribution >= 4 is 23.5 Å². The van der Waals surface area contributed by atoms with Crippen molar-refractivity contribution in [3.05, 3.63) is 59.9 Å². The number of amides is 4. The molecule has 0 aliphatic carbocycles. The molecule has 26 heavy (non-hydrogen) atoms. The van der Waals surface area contributed by atoms with Crippen LogP contribution < -0.4 is 20.3 Å². The normalized spacial score (nSPS) is 21.0. The van der Waals surface area contributed by atoms with E-state index in [1.807, 2.05) is 18.2 Å². The molecule has 4 rings (SSSR count). The number of ether oxygens (including phenoxy) is 1. The quantitative estimate of drug-likeness (QED) is 0.639. The molecule has 1 atom stereocenters. The average molecular weight is 355 g/mol. The number of fused-ring (bicyclic) bond motifs is 2. The van der Waals surface area contributed by atoms with Crippen LogP contribution in [0.2, 0.25) is 0 Å². The SMILES string of the molecule is O=C1NC(=O)C2(N1)C(=O)N(CCOc1ccccc1)c1ccc(F)cc12. The van der Waals surface area contributed by atoms with Gasteiger partial charge in [-0.1, -0.05) is 18.2 Å². The van der Waals surface area contributed by atoms with Crippen molar-refractivity contribution in [2.45, 2.75) is 5.54 Å². The number of hydrogen-bond acceptors (Lipinski definition) is 4. The van der Waals surface area contributed by atoms with Gasteiger partial charge in [-0.25, -0.2) is 9.18 Å². The number of carbonyl (C=O) groups is 3. The van der Waals surface area contributed by atoms with Gasteiger partial charge in [0, 0.05) is 5.56 Å². The van der Waals surface area contributed by atoms with Gasteiger partial charge in [0.15, 0.2) is 0 Å². The van der Waals surface area contributed by atoms with Gasteiger partial charge in [0.2, 0.25) is 5.54 Å². The van der Waals surface area contributed by atoms with E-state index in [1.54, 1.807) is 12.1 Å². The van der Waals surface area contributed by atoms with Crippen LogP contribution in [-0.2, 0) is 15.1 Å². The van der Waals surface area contributed by atoms with E-state index in [0.29, 0.717) is 11.4 Å². The molecular weight excluding hydrogens is 341 g/mol. The predicted molar refractivity (Wildman–Crippen MR) is 89.0 cm³/mol. The molecule has 2 aliphatic heterocycles. The minimum Gasteiger partial charge on any atom is -0.492 e. The summed E-state index contributed by atoms with van der Waals surface area (Å²) in [6.45, 7) is 0.301. The Labute approximate surface area is 147 Å². The molecule has 8 heteroatoms. The molecule has 4 amide bonds. The van der Waals surface area contributed by atoms with Crippen LogP contribution in [0.5, 0.6) is 5.75 Å². The lowest BCUT2D eigenvalue weighted by Crippen LogP contribution is -2.52. The van der Waals surface area contributed by atoms with E-state index in [4.69, 9.17) is 4.74 Å². The molecule has 132 valence electrons. The largest absolute Gasteiger partial charge is 0.492 e. The number of carbonyl (C=O) groups excluding carboxylic acids is 3. The highest BCUT2D eigenvalue weighted by molar-refractivity contribution is 6.27. The number of para-hydroxylation sites is 1. The van der Waals surface area contributed by atoms with Crippen LogP contribution in [0.15, 0.2) is 48.5 Å². The molecule has 2 aliphatic rings. The first-order valence-electron chi connectivity index (χ1n) is 7.96. The fourth-order valence-corrected chi connectivity index (χ4v) is 3.26. The van der Waals surface area contributed by atoms with Crippen molar-refractivity contribution in [3.63, 3.8) is 0 Å². The summed E-state index contributed by atoms with van der Waals surface area (Å²) in [6, 6.07) is 12.0. The lowest BCUT2D eigenvalue weighted by atomic mass is 9.91. The molecule has 2 N–H and O–H groups in total. The van der Waals surface area contributed by atoms with Crippen molar-refractivity contribution in [3.8, 4) is 5.75 Å². The van der Waals surface area contributed by atoms with Crippen molar-refractivity contribution in [2.24, 2.45) is 0 Å². The maximum absolute atomic E-state index is 13.8. The van der Waals surface area contributed by atoms with Crippen LogP contribution in [0.25, 0.3) is 0 Å². The standard InChI is InChI=1S/C18H14FN3O4/c19-11-6-7-14-13(10-11)18(15(23)20-17(25)21-18)16(24)22(14)8-9-26-12-4-2-1-3-5-12/h1-7,10H,8-9H2,(H2,20,21,23,25). The highest BCUT2D eigenvalue weighted by atomic mass is 19.1. The second-order valence-corrected chi connectivity index (χ2v) is 5.94. The number of hydrogen-bond donors (Lipinski definition) is 2.